The van der Waals surface area contributed by atoms with E-state index < -0.39 is 0 Å². The molecule has 0 radical (unpaired) electrons. The van der Waals surface area contributed by atoms with Crippen LogP contribution >= 0.6 is 0 Å². The number of rotatable bonds is 2. The topological polar surface area (TPSA) is 42.7 Å². The first-order chi connectivity index (χ1) is 11.8. The van der Waals surface area contributed by atoms with E-state index in [0.29, 0.717) is 22.5 Å². The summed E-state index contributed by atoms with van der Waals surface area (Å²) < 4.78 is 12.0. The molecule has 25 heavy (non-hydrogen) atoms. The van der Waals surface area contributed by atoms with Crippen molar-refractivity contribution in [2.75, 3.05) is 20.1 Å². The average Bonchev–Trinajstić information content (AvgIpc) is 2.67. The van der Waals surface area contributed by atoms with E-state index in [1.165, 1.54) is 0 Å². The number of benzene rings is 1. The zero-order valence-electron chi connectivity index (χ0n) is 16.0. The number of fused-ring (bicyclic) bond motifs is 1. The lowest BCUT2D eigenvalue weighted by atomic mass is 9.87. The molecule has 2 atom stereocenters. The second-order valence-corrected chi connectivity index (χ2v) is 8.42. The van der Waals surface area contributed by atoms with E-state index in [2.05, 4.69) is 18.9 Å². The zero-order chi connectivity index (χ0) is 18.2. The van der Waals surface area contributed by atoms with Gasteiger partial charge in [-0.2, -0.15) is 0 Å². The number of nitrogens with zero attached hydrogens (tertiary/aromatic N) is 1. The Balaban J connectivity index is 1.88. The molecule has 1 aromatic carbocycles. The monoisotopic (exact) mass is 343 g/mol. The van der Waals surface area contributed by atoms with Crippen LogP contribution in [0, 0.1) is 5.92 Å². The van der Waals surface area contributed by atoms with Gasteiger partial charge in [0, 0.05) is 24.1 Å². The molecule has 2 aromatic rings. The van der Waals surface area contributed by atoms with Gasteiger partial charge in [0.1, 0.15) is 17.4 Å². The summed E-state index contributed by atoms with van der Waals surface area (Å²) in [7, 11) is 2.16. The summed E-state index contributed by atoms with van der Waals surface area (Å²) in [5, 5.41) is 0.619. The Morgan fingerprint density at radius 1 is 1.28 bits per heavy atom. The minimum atomic E-state index is -0.230. The van der Waals surface area contributed by atoms with E-state index in [1.807, 2.05) is 39.0 Å². The molecule has 2 unspecified atom stereocenters. The first kappa shape index (κ1) is 18.0. The van der Waals surface area contributed by atoms with Gasteiger partial charge in [0.05, 0.1) is 11.6 Å². The van der Waals surface area contributed by atoms with Gasteiger partial charge < -0.3 is 14.1 Å². The van der Waals surface area contributed by atoms with Gasteiger partial charge in [-0.3, -0.25) is 4.79 Å². The lowest BCUT2D eigenvalue weighted by molar-refractivity contribution is 0.131. The highest BCUT2D eigenvalue weighted by Gasteiger charge is 2.24. The van der Waals surface area contributed by atoms with Crippen LogP contribution in [0.1, 0.15) is 46.1 Å². The van der Waals surface area contributed by atoms with E-state index in [1.54, 1.807) is 6.26 Å². The summed E-state index contributed by atoms with van der Waals surface area (Å²) in [4.78, 5) is 15.1. The van der Waals surface area contributed by atoms with Crippen LogP contribution in [-0.4, -0.2) is 31.1 Å². The Labute approximate surface area is 149 Å². The summed E-state index contributed by atoms with van der Waals surface area (Å²) in [6.07, 6.45) is 3.99. The van der Waals surface area contributed by atoms with Crippen LogP contribution in [0.3, 0.4) is 0 Å². The SMILES string of the molecule is CC1CN(C)CCCC1Oc1ccc2c(=O)c(C(C)(C)C)coc2c1. The quantitative estimate of drug-likeness (QED) is 0.819. The van der Waals surface area contributed by atoms with Crippen molar-refractivity contribution in [3.05, 3.63) is 40.2 Å². The van der Waals surface area contributed by atoms with E-state index in [4.69, 9.17) is 9.15 Å². The number of likely N-dealkylation sites (tertiary alicyclic amines) is 1. The van der Waals surface area contributed by atoms with Gasteiger partial charge in [0.15, 0.2) is 5.43 Å². The fraction of sp³-hybridized carbons (Fsp3) is 0.571. The fourth-order valence-corrected chi connectivity index (χ4v) is 3.60. The van der Waals surface area contributed by atoms with Crippen molar-refractivity contribution in [2.24, 2.45) is 5.92 Å². The van der Waals surface area contributed by atoms with Crippen molar-refractivity contribution < 1.29 is 9.15 Å². The third-order valence-electron chi connectivity index (χ3n) is 5.10. The smallest absolute Gasteiger partial charge is 0.196 e. The highest BCUT2D eigenvalue weighted by atomic mass is 16.5. The van der Waals surface area contributed by atoms with Gasteiger partial charge in [0.2, 0.25) is 0 Å². The summed E-state index contributed by atoms with van der Waals surface area (Å²) in [5.41, 5.74) is 1.11. The predicted molar refractivity (Wildman–Crippen MR) is 101 cm³/mol. The van der Waals surface area contributed by atoms with Crippen molar-refractivity contribution in [1.82, 2.24) is 4.90 Å². The standard InChI is InChI=1S/C21H29NO3/c1-14-12-22(5)10-6-7-18(14)25-15-8-9-16-19(11-15)24-13-17(20(16)23)21(2,3)4/h8-9,11,13-14,18H,6-7,10,12H2,1-5H3. The van der Waals surface area contributed by atoms with Gasteiger partial charge in [0.25, 0.3) is 0 Å². The lowest BCUT2D eigenvalue weighted by Gasteiger charge is -2.24. The van der Waals surface area contributed by atoms with Crippen molar-refractivity contribution in [1.29, 1.82) is 0 Å². The molecular weight excluding hydrogens is 314 g/mol. The fourth-order valence-electron chi connectivity index (χ4n) is 3.60. The van der Waals surface area contributed by atoms with Crippen molar-refractivity contribution in [3.8, 4) is 5.75 Å². The first-order valence-electron chi connectivity index (χ1n) is 9.17. The molecule has 0 spiro atoms. The number of hydrogen-bond donors (Lipinski definition) is 0. The molecule has 0 N–H and O–H groups in total. The molecule has 1 aliphatic heterocycles. The predicted octanol–water partition coefficient (Wildman–Crippen LogP) is 4.20. The first-order valence-corrected chi connectivity index (χ1v) is 9.17. The Morgan fingerprint density at radius 3 is 2.76 bits per heavy atom. The molecule has 0 saturated carbocycles. The minimum Gasteiger partial charge on any atom is -0.490 e. The molecule has 4 nitrogen and oxygen atoms in total. The lowest BCUT2D eigenvalue weighted by Crippen LogP contribution is -2.30. The highest BCUT2D eigenvalue weighted by molar-refractivity contribution is 5.78. The Hall–Kier alpha value is -1.81. The zero-order valence-corrected chi connectivity index (χ0v) is 16.0. The molecule has 1 saturated heterocycles. The summed E-state index contributed by atoms with van der Waals surface area (Å²) in [6.45, 7) is 10.5. The van der Waals surface area contributed by atoms with E-state index in [0.717, 1.165) is 31.7 Å². The van der Waals surface area contributed by atoms with Gasteiger partial charge in [-0.15, -0.1) is 0 Å². The maximum absolute atomic E-state index is 12.7. The summed E-state index contributed by atoms with van der Waals surface area (Å²) >= 11 is 0. The Morgan fingerprint density at radius 2 is 2.04 bits per heavy atom. The van der Waals surface area contributed by atoms with Crippen molar-refractivity contribution in [3.63, 3.8) is 0 Å². The summed E-state index contributed by atoms with van der Waals surface area (Å²) in [5.74, 6) is 1.25. The minimum absolute atomic E-state index is 0.0461. The summed E-state index contributed by atoms with van der Waals surface area (Å²) in [6, 6.07) is 5.58. The second kappa shape index (κ2) is 6.83. The number of ether oxygens (including phenoxy) is 1. The third-order valence-corrected chi connectivity index (χ3v) is 5.10. The number of hydrogen-bond acceptors (Lipinski definition) is 4. The second-order valence-electron chi connectivity index (χ2n) is 8.42. The maximum atomic E-state index is 12.7. The molecule has 0 amide bonds. The van der Waals surface area contributed by atoms with Crippen LogP contribution in [0.2, 0.25) is 0 Å². The molecule has 4 heteroatoms. The van der Waals surface area contributed by atoms with Crippen LogP contribution in [0.4, 0.5) is 0 Å². The third kappa shape index (κ3) is 3.90. The van der Waals surface area contributed by atoms with Crippen molar-refractivity contribution >= 4 is 11.0 Å². The Kier molecular flexibility index (Phi) is 4.92. The molecule has 1 aromatic heterocycles. The van der Waals surface area contributed by atoms with E-state index in [9.17, 15) is 4.79 Å². The molecule has 1 fully saturated rings. The molecule has 0 bridgehead atoms. The molecular formula is C21H29NO3. The molecule has 136 valence electrons. The van der Waals surface area contributed by atoms with Crippen LogP contribution in [0.15, 0.2) is 33.7 Å². The normalized spacial score (nSPS) is 22.8. The largest absolute Gasteiger partial charge is 0.490 e. The average molecular weight is 343 g/mol. The van der Waals surface area contributed by atoms with Crippen LogP contribution in [-0.2, 0) is 5.41 Å². The van der Waals surface area contributed by atoms with E-state index >= 15 is 0 Å². The molecule has 1 aliphatic rings. The van der Waals surface area contributed by atoms with Gasteiger partial charge in [-0.05, 0) is 44.0 Å². The molecule has 3 rings (SSSR count). The van der Waals surface area contributed by atoms with Gasteiger partial charge in [-0.1, -0.05) is 27.7 Å². The Bertz CT molecular complexity index is 803. The maximum Gasteiger partial charge on any atom is 0.196 e. The van der Waals surface area contributed by atoms with Crippen LogP contribution in [0.25, 0.3) is 11.0 Å². The van der Waals surface area contributed by atoms with Gasteiger partial charge in [-0.25, -0.2) is 0 Å². The molecule has 2 heterocycles. The van der Waals surface area contributed by atoms with E-state index in [-0.39, 0.29) is 16.9 Å². The highest BCUT2D eigenvalue weighted by Crippen LogP contribution is 2.27. The van der Waals surface area contributed by atoms with Crippen molar-refractivity contribution in [2.45, 2.75) is 52.1 Å². The van der Waals surface area contributed by atoms with Crippen LogP contribution in [0.5, 0.6) is 5.75 Å². The molecule has 0 aliphatic carbocycles. The van der Waals surface area contributed by atoms with Gasteiger partial charge >= 0.3 is 0 Å². The van der Waals surface area contributed by atoms with Crippen LogP contribution < -0.4 is 10.2 Å².